The van der Waals surface area contributed by atoms with Gasteiger partial charge in [0.1, 0.15) is 19.3 Å². The number of carbonyl (C=O) groups is 2. The molecular formula is C17H28O8. The molecule has 2 rings (SSSR count). The zero-order valence-corrected chi connectivity index (χ0v) is 15.5. The molecule has 0 radical (unpaired) electrons. The van der Waals surface area contributed by atoms with Crippen molar-refractivity contribution in [1.82, 2.24) is 0 Å². The number of carbonyl (C=O) groups excluding carboxylic acids is 2. The monoisotopic (exact) mass is 360 g/mol. The second-order valence-corrected chi connectivity index (χ2v) is 7.77. The third-order valence-corrected chi connectivity index (χ3v) is 3.98. The summed E-state index contributed by atoms with van der Waals surface area (Å²) < 4.78 is 31.5. The van der Waals surface area contributed by atoms with Gasteiger partial charge < -0.3 is 28.4 Å². The molecule has 8 nitrogen and oxygen atoms in total. The summed E-state index contributed by atoms with van der Waals surface area (Å²) in [6.07, 6.45) is -0.794. The second kappa shape index (κ2) is 7.78. The fourth-order valence-electron chi connectivity index (χ4n) is 3.17. The third-order valence-electron chi connectivity index (χ3n) is 3.98. The summed E-state index contributed by atoms with van der Waals surface area (Å²) in [5.74, 6) is 0. The van der Waals surface area contributed by atoms with E-state index in [-0.39, 0.29) is 38.1 Å². The fourth-order valence-corrected chi connectivity index (χ4v) is 3.17. The minimum absolute atomic E-state index is 0.0783. The Morgan fingerprint density at radius 2 is 1.56 bits per heavy atom. The van der Waals surface area contributed by atoms with E-state index in [0.29, 0.717) is 12.8 Å². The molecule has 0 aromatic carbocycles. The highest BCUT2D eigenvalue weighted by Crippen LogP contribution is 2.27. The second-order valence-electron chi connectivity index (χ2n) is 7.77. The average Bonchev–Trinajstić information content (AvgIpc) is 3.03. The summed E-state index contributed by atoms with van der Waals surface area (Å²) in [6, 6.07) is 0. The molecule has 2 fully saturated rings. The lowest BCUT2D eigenvalue weighted by Crippen LogP contribution is -2.39. The van der Waals surface area contributed by atoms with Crippen LogP contribution in [0.2, 0.25) is 0 Å². The molecule has 0 amide bonds. The van der Waals surface area contributed by atoms with Crippen molar-refractivity contribution in [3.05, 3.63) is 0 Å². The predicted molar refractivity (Wildman–Crippen MR) is 86.3 cm³/mol. The lowest BCUT2D eigenvalue weighted by molar-refractivity contribution is -0.124. The van der Waals surface area contributed by atoms with Crippen LogP contribution in [0.3, 0.4) is 0 Å². The zero-order chi connectivity index (χ0) is 18.7. The van der Waals surface area contributed by atoms with E-state index in [1.165, 1.54) is 0 Å². The van der Waals surface area contributed by atoms with Gasteiger partial charge in [0.15, 0.2) is 6.10 Å². The van der Waals surface area contributed by atoms with Gasteiger partial charge in [-0.1, -0.05) is 0 Å². The van der Waals surface area contributed by atoms with Gasteiger partial charge in [-0.15, -0.1) is 0 Å². The van der Waals surface area contributed by atoms with Gasteiger partial charge in [-0.25, -0.2) is 9.59 Å². The van der Waals surface area contributed by atoms with Crippen molar-refractivity contribution >= 4 is 12.3 Å². The molecule has 0 aliphatic carbocycles. The number of hydrogen-bond acceptors (Lipinski definition) is 8. The van der Waals surface area contributed by atoms with Gasteiger partial charge in [0.2, 0.25) is 0 Å². The Bertz CT molecular complexity index is 487. The summed E-state index contributed by atoms with van der Waals surface area (Å²) in [6.45, 7) is 10.6. The Labute approximate surface area is 148 Å². The Kier molecular flexibility index (Phi) is 6.16. The van der Waals surface area contributed by atoms with Crippen LogP contribution in [0, 0.1) is 0 Å². The zero-order valence-electron chi connectivity index (χ0n) is 15.5. The standard InChI is InChI=1S/C17H28O8/c1-11(25-17(4,5)7-12-8-20-14(18)23-12)6-16(2,3)22-10-13-9-21-15(19)24-13/h11-13H,6-10H2,1-5H3. The first kappa shape index (κ1) is 19.8. The molecule has 0 saturated carbocycles. The smallest absolute Gasteiger partial charge is 0.430 e. The highest BCUT2D eigenvalue weighted by atomic mass is 16.8. The molecule has 2 heterocycles. The van der Waals surface area contributed by atoms with E-state index in [2.05, 4.69) is 0 Å². The van der Waals surface area contributed by atoms with Gasteiger partial charge in [-0.2, -0.15) is 0 Å². The van der Waals surface area contributed by atoms with Crippen LogP contribution in [0.1, 0.15) is 47.5 Å². The molecule has 0 aromatic heterocycles. The summed E-state index contributed by atoms with van der Waals surface area (Å²) in [7, 11) is 0. The highest BCUT2D eigenvalue weighted by Gasteiger charge is 2.35. The van der Waals surface area contributed by atoms with Crippen LogP contribution < -0.4 is 0 Å². The first-order valence-electron chi connectivity index (χ1n) is 8.53. The van der Waals surface area contributed by atoms with E-state index in [1.54, 1.807) is 0 Å². The van der Waals surface area contributed by atoms with E-state index in [9.17, 15) is 9.59 Å². The van der Waals surface area contributed by atoms with Crippen molar-refractivity contribution in [2.75, 3.05) is 19.8 Å². The molecule has 144 valence electrons. The summed E-state index contributed by atoms with van der Waals surface area (Å²) >= 11 is 0. The Morgan fingerprint density at radius 3 is 2.08 bits per heavy atom. The van der Waals surface area contributed by atoms with Gasteiger partial charge in [0, 0.05) is 12.8 Å². The Balaban J connectivity index is 1.73. The van der Waals surface area contributed by atoms with E-state index in [0.717, 1.165) is 0 Å². The molecule has 25 heavy (non-hydrogen) atoms. The minimum atomic E-state index is -0.651. The SMILES string of the molecule is CC(CC(C)(C)OCC1COC(=O)O1)OC(C)(C)CC1COC(=O)O1. The maximum atomic E-state index is 11.0. The van der Waals surface area contributed by atoms with Crippen LogP contribution in [0.25, 0.3) is 0 Å². The van der Waals surface area contributed by atoms with Crippen molar-refractivity contribution in [1.29, 1.82) is 0 Å². The fraction of sp³-hybridized carbons (Fsp3) is 0.882. The van der Waals surface area contributed by atoms with Crippen molar-refractivity contribution in [3.63, 3.8) is 0 Å². The molecule has 3 unspecified atom stereocenters. The largest absolute Gasteiger partial charge is 0.508 e. The normalized spacial score (nSPS) is 25.2. The van der Waals surface area contributed by atoms with Crippen molar-refractivity contribution in [2.45, 2.75) is 77.0 Å². The Hall–Kier alpha value is -1.54. The van der Waals surface area contributed by atoms with E-state index < -0.39 is 23.5 Å². The molecule has 8 heteroatoms. The summed E-state index contributed by atoms with van der Waals surface area (Å²) in [5.41, 5.74) is -0.920. The van der Waals surface area contributed by atoms with Gasteiger partial charge in [0.05, 0.1) is 23.9 Å². The average molecular weight is 360 g/mol. The predicted octanol–water partition coefficient (Wildman–Crippen LogP) is 2.82. The number of rotatable bonds is 9. The van der Waals surface area contributed by atoms with Crippen molar-refractivity contribution in [2.24, 2.45) is 0 Å². The molecule has 0 aromatic rings. The van der Waals surface area contributed by atoms with Gasteiger partial charge in [-0.3, -0.25) is 0 Å². The first-order chi connectivity index (χ1) is 11.5. The molecular weight excluding hydrogens is 332 g/mol. The molecule has 0 N–H and O–H groups in total. The van der Waals surface area contributed by atoms with E-state index in [1.807, 2.05) is 34.6 Å². The highest BCUT2D eigenvalue weighted by molar-refractivity contribution is 5.62. The number of cyclic esters (lactones) is 4. The van der Waals surface area contributed by atoms with Crippen molar-refractivity contribution < 1.29 is 38.0 Å². The molecule has 2 saturated heterocycles. The molecule has 0 spiro atoms. The lowest BCUT2D eigenvalue weighted by atomic mass is 9.98. The van der Waals surface area contributed by atoms with Crippen LogP contribution in [-0.2, 0) is 28.4 Å². The maximum absolute atomic E-state index is 11.0. The van der Waals surface area contributed by atoms with Crippen molar-refractivity contribution in [3.8, 4) is 0 Å². The maximum Gasteiger partial charge on any atom is 0.508 e. The van der Waals surface area contributed by atoms with E-state index in [4.69, 9.17) is 28.4 Å². The Morgan fingerprint density at radius 1 is 1.00 bits per heavy atom. The summed E-state index contributed by atoms with van der Waals surface area (Å²) in [5, 5.41) is 0. The van der Waals surface area contributed by atoms with Gasteiger partial charge in [0.25, 0.3) is 0 Å². The molecule has 3 atom stereocenters. The molecule has 2 aliphatic rings. The van der Waals surface area contributed by atoms with Crippen LogP contribution in [0.15, 0.2) is 0 Å². The quantitative estimate of drug-likeness (QED) is 0.580. The van der Waals surface area contributed by atoms with Gasteiger partial charge in [-0.05, 0) is 34.6 Å². The number of hydrogen-bond donors (Lipinski definition) is 0. The molecule has 0 bridgehead atoms. The number of ether oxygens (including phenoxy) is 6. The third kappa shape index (κ3) is 6.70. The van der Waals surface area contributed by atoms with Crippen LogP contribution in [0.5, 0.6) is 0 Å². The topological polar surface area (TPSA) is 89.5 Å². The first-order valence-corrected chi connectivity index (χ1v) is 8.53. The van der Waals surface area contributed by atoms with Crippen LogP contribution in [0.4, 0.5) is 9.59 Å². The van der Waals surface area contributed by atoms with E-state index >= 15 is 0 Å². The minimum Gasteiger partial charge on any atom is -0.430 e. The summed E-state index contributed by atoms with van der Waals surface area (Å²) in [4.78, 5) is 21.9. The van der Waals surface area contributed by atoms with Crippen LogP contribution >= 0.6 is 0 Å². The molecule has 2 aliphatic heterocycles. The van der Waals surface area contributed by atoms with Crippen LogP contribution in [-0.4, -0.2) is 61.6 Å². The van der Waals surface area contributed by atoms with Gasteiger partial charge >= 0.3 is 12.3 Å². The lowest BCUT2D eigenvalue weighted by Gasteiger charge is -2.34.